The molecular weight excluding hydrogens is 486 g/mol. The zero-order valence-corrected chi connectivity index (χ0v) is 22.3. The van der Waals surface area contributed by atoms with Gasteiger partial charge in [-0.1, -0.05) is 60.7 Å². The predicted octanol–water partition coefficient (Wildman–Crippen LogP) is 4.50. The van der Waals surface area contributed by atoms with E-state index >= 15 is 0 Å². The van der Waals surface area contributed by atoms with E-state index in [2.05, 4.69) is 15.8 Å². The number of nitrogens with one attached hydrogen (secondary N) is 2. The number of nitrogens with zero attached hydrogens (tertiary/aromatic N) is 1. The normalized spacial score (nSPS) is 17.3. The summed E-state index contributed by atoms with van der Waals surface area (Å²) in [7, 11) is 0. The summed E-state index contributed by atoms with van der Waals surface area (Å²) in [5, 5.41) is 6.83. The molecule has 9 nitrogen and oxygen atoms in total. The topological polar surface area (TPSA) is 115 Å². The van der Waals surface area contributed by atoms with Gasteiger partial charge in [0.25, 0.3) is 5.91 Å². The maximum atomic E-state index is 12.9. The van der Waals surface area contributed by atoms with Gasteiger partial charge >= 0.3 is 12.1 Å². The third-order valence-corrected chi connectivity index (χ3v) is 5.78. The molecule has 204 valence electrons. The Balaban J connectivity index is 1.55. The molecular formula is C29H37N3O6. The standard InChI is InChI=1S/C29H37N3O6/c1-29(2,3)38-28(35)30-25(20-36-18-21-11-6-4-7-12-21)26(33)32-31-24-16-10-15-23(17-24)27(34)37-19-22-13-8-5-9-14-22/h4-9,11-14,23,25H,10,15-20H2,1-3H3,(H,30,35)(H,32,33)/b31-24+/t23?,25-/m1/s1. The van der Waals surface area contributed by atoms with E-state index in [0.29, 0.717) is 25.0 Å². The van der Waals surface area contributed by atoms with Crippen molar-refractivity contribution in [2.75, 3.05) is 6.61 Å². The fraction of sp³-hybridized carbons (Fsp3) is 0.448. The average Bonchev–Trinajstić information content (AvgIpc) is 2.90. The minimum absolute atomic E-state index is 0.0702. The quantitative estimate of drug-likeness (QED) is 0.350. The molecule has 0 aromatic heterocycles. The van der Waals surface area contributed by atoms with Gasteiger partial charge < -0.3 is 19.5 Å². The van der Waals surface area contributed by atoms with Crippen molar-refractivity contribution in [1.82, 2.24) is 10.7 Å². The Morgan fingerprint density at radius 3 is 2.24 bits per heavy atom. The first kappa shape index (κ1) is 28.8. The molecule has 0 aliphatic heterocycles. The number of alkyl carbamates (subject to hydrolysis) is 1. The van der Waals surface area contributed by atoms with Gasteiger partial charge in [-0.3, -0.25) is 9.59 Å². The van der Waals surface area contributed by atoms with E-state index < -0.39 is 23.6 Å². The lowest BCUT2D eigenvalue weighted by Gasteiger charge is -2.24. The van der Waals surface area contributed by atoms with Crippen LogP contribution < -0.4 is 10.7 Å². The van der Waals surface area contributed by atoms with Crippen LogP contribution in [0.15, 0.2) is 65.8 Å². The first-order valence-electron chi connectivity index (χ1n) is 12.9. The van der Waals surface area contributed by atoms with Gasteiger partial charge in [0.15, 0.2) is 0 Å². The number of hydrazone groups is 1. The Hall–Kier alpha value is -3.72. The molecule has 2 atom stereocenters. The first-order valence-corrected chi connectivity index (χ1v) is 12.9. The summed E-state index contributed by atoms with van der Waals surface area (Å²) < 4.78 is 16.5. The van der Waals surface area contributed by atoms with E-state index in [0.717, 1.165) is 17.5 Å². The molecule has 2 aromatic carbocycles. The first-order chi connectivity index (χ1) is 18.2. The maximum absolute atomic E-state index is 12.9. The average molecular weight is 524 g/mol. The third kappa shape index (κ3) is 10.3. The van der Waals surface area contributed by atoms with Crippen molar-refractivity contribution < 1.29 is 28.6 Å². The molecule has 1 saturated carbocycles. The summed E-state index contributed by atoms with van der Waals surface area (Å²) in [5.41, 5.74) is 4.38. The zero-order chi connectivity index (χ0) is 27.4. The highest BCUT2D eigenvalue weighted by atomic mass is 16.6. The van der Waals surface area contributed by atoms with Crippen LogP contribution in [0.3, 0.4) is 0 Å². The molecule has 1 aliphatic rings. The van der Waals surface area contributed by atoms with Crippen molar-refractivity contribution in [3.05, 3.63) is 71.8 Å². The molecule has 0 saturated heterocycles. The minimum atomic E-state index is -1.02. The fourth-order valence-electron chi connectivity index (χ4n) is 3.90. The molecule has 2 aromatic rings. The summed E-state index contributed by atoms with van der Waals surface area (Å²) in [4.78, 5) is 37.9. The number of hydrogen-bond acceptors (Lipinski definition) is 7. The van der Waals surface area contributed by atoms with Crippen molar-refractivity contribution in [3.63, 3.8) is 0 Å². The fourth-order valence-corrected chi connectivity index (χ4v) is 3.90. The van der Waals surface area contributed by atoms with E-state index in [-0.39, 0.29) is 31.7 Å². The second-order valence-corrected chi connectivity index (χ2v) is 10.2. The summed E-state index contributed by atoms with van der Waals surface area (Å²) in [5.74, 6) is -1.12. The van der Waals surface area contributed by atoms with Crippen LogP contribution in [0.1, 0.15) is 57.6 Å². The summed E-state index contributed by atoms with van der Waals surface area (Å²) in [6, 6.07) is 18.0. The molecule has 3 rings (SSSR count). The van der Waals surface area contributed by atoms with E-state index in [9.17, 15) is 14.4 Å². The number of hydrogen-bond donors (Lipinski definition) is 2. The molecule has 0 radical (unpaired) electrons. The molecule has 1 aliphatic carbocycles. The van der Waals surface area contributed by atoms with Gasteiger partial charge in [0.1, 0.15) is 18.2 Å². The summed E-state index contributed by atoms with van der Waals surface area (Å²) in [6.07, 6.45) is 1.81. The molecule has 2 N–H and O–H groups in total. The van der Waals surface area contributed by atoms with Crippen LogP contribution in [0.5, 0.6) is 0 Å². The molecule has 38 heavy (non-hydrogen) atoms. The molecule has 9 heteroatoms. The van der Waals surface area contributed by atoms with E-state index in [1.165, 1.54) is 0 Å². The van der Waals surface area contributed by atoms with Crippen molar-refractivity contribution in [1.29, 1.82) is 0 Å². The number of rotatable bonds is 10. The van der Waals surface area contributed by atoms with Crippen LogP contribution in [-0.4, -0.2) is 41.9 Å². The number of carbonyl (C=O) groups excluding carboxylic acids is 3. The highest BCUT2D eigenvalue weighted by Gasteiger charge is 2.28. The van der Waals surface area contributed by atoms with Gasteiger partial charge in [0, 0.05) is 12.1 Å². The Morgan fingerprint density at radius 1 is 0.974 bits per heavy atom. The van der Waals surface area contributed by atoms with Crippen LogP contribution in [0.25, 0.3) is 0 Å². The monoisotopic (exact) mass is 523 g/mol. The van der Waals surface area contributed by atoms with Gasteiger partial charge in [-0.15, -0.1) is 0 Å². The molecule has 0 heterocycles. The zero-order valence-electron chi connectivity index (χ0n) is 22.3. The van der Waals surface area contributed by atoms with Crippen molar-refractivity contribution in [2.45, 2.75) is 71.3 Å². The van der Waals surface area contributed by atoms with Gasteiger partial charge in [0.2, 0.25) is 0 Å². The van der Waals surface area contributed by atoms with E-state index in [4.69, 9.17) is 14.2 Å². The third-order valence-electron chi connectivity index (χ3n) is 5.78. The molecule has 1 fully saturated rings. The van der Waals surface area contributed by atoms with E-state index in [1.807, 2.05) is 60.7 Å². The maximum Gasteiger partial charge on any atom is 0.408 e. The number of benzene rings is 2. The number of carbonyl (C=O) groups is 3. The van der Waals surface area contributed by atoms with Crippen LogP contribution in [0.4, 0.5) is 4.79 Å². The second-order valence-electron chi connectivity index (χ2n) is 10.2. The largest absolute Gasteiger partial charge is 0.461 e. The Bertz CT molecular complexity index is 1080. The summed E-state index contributed by atoms with van der Waals surface area (Å²) >= 11 is 0. The molecule has 2 amide bonds. The highest BCUT2D eigenvalue weighted by Crippen LogP contribution is 2.24. The lowest BCUT2D eigenvalue weighted by atomic mass is 9.88. The smallest absolute Gasteiger partial charge is 0.408 e. The van der Waals surface area contributed by atoms with Gasteiger partial charge in [-0.2, -0.15) is 5.10 Å². The Labute approximate surface area is 223 Å². The molecule has 0 bridgehead atoms. The molecule has 1 unspecified atom stereocenters. The Morgan fingerprint density at radius 2 is 1.61 bits per heavy atom. The van der Waals surface area contributed by atoms with Gasteiger partial charge in [-0.25, -0.2) is 10.2 Å². The number of esters is 1. The lowest BCUT2D eigenvalue weighted by molar-refractivity contribution is -0.150. The van der Waals surface area contributed by atoms with Crippen LogP contribution in [0.2, 0.25) is 0 Å². The van der Waals surface area contributed by atoms with Crippen LogP contribution in [0, 0.1) is 5.92 Å². The van der Waals surface area contributed by atoms with Gasteiger partial charge in [-0.05, 0) is 51.2 Å². The SMILES string of the molecule is CC(C)(C)OC(=O)N[C@H](COCc1ccccc1)C(=O)N/N=C1\CCCC(C(=O)OCc2ccccc2)C1. The van der Waals surface area contributed by atoms with Crippen molar-refractivity contribution in [2.24, 2.45) is 11.0 Å². The minimum Gasteiger partial charge on any atom is -0.461 e. The number of ether oxygens (including phenoxy) is 3. The van der Waals surface area contributed by atoms with Crippen LogP contribution in [-0.2, 0) is 37.0 Å². The van der Waals surface area contributed by atoms with Crippen molar-refractivity contribution >= 4 is 23.7 Å². The van der Waals surface area contributed by atoms with Crippen molar-refractivity contribution in [3.8, 4) is 0 Å². The number of amides is 2. The lowest BCUT2D eigenvalue weighted by Crippen LogP contribution is -2.49. The summed E-state index contributed by atoms with van der Waals surface area (Å²) in [6.45, 7) is 5.65. The second kappa shape index (κ2) is 14.3. The highest BCUT2D eigenvalue weighted by molar-refractivity contribution is 5.92. The van der Waals surface area contributed by atoms with E-state index in [1.54, 1.807) is 20.8 Å². The molecule has 0 spiro atoms. The van der Waals surface area contributed by atoms with Crippen LogP contribution >= 0.6 is 0 Å². The Kier molecular flexibility index (Phi) is 10.8. The van der Waals surface area contributed by atoms with Gasteiger partial charge in [0.05, 0.1) is 19.1 Å². The predicted molar refractivity (Wildman–Crippen MR) is 143 cm³/mol.